The molecular formula is C16H27N3. The van der Waals surface area contributed by atoms with E-state index in [-0.39, 0.29) is 0 Å². The summed E-state index contributed by atoms with van der Waals surface area (Å²) in [6.45, 7) is 5.79. The fourth-order valence-corrected chi connectivity index (χ4v) is 3.24. The van der Waals surface area contributed by atoms with Gasteiger partial charge in [-0.05, 0) is 56.5 Å². The van der Waals surface area contributed by atoms with Gasteiger partial charge in [-0.2, -0.15) is 0 Å². The smallest absolute Gasteiger partial charge is 0.0271 e. The van der Waals surface area contributed by atoms with Crippen molar-refractivity contribution in [2.75, 3.05) is 14.1 Å². The predicted molar refractivity (Wildman–Crippen MR) is 80.0 cm³/mol. The SMILES string of the molecule is CNC1CCC(C)(C)CC1N(C)Cc1ccncc1. The highest BCUT2D eigenvalue weighted by Gasteiger charge is 2.36. The molecule has 3 heteroatoms. The van der Waals surface area contributed by atoms with Crippen molar-refractivity contribution in [2.45, 2.75) is 51.7 Å². The number of rotatable bonds is 4. The number of hydrogen-bond acceptors (Lipinski definition) is 3. The lowest BCUT2D eigenvalue weighted by molar-refractivity contribution is 0.0804. The zero-order valence-electron chi connectivity index (χ0n) is 12.7. The molecule has 0 amide bonds. The monoisotopic (exact) mass is 261 g/mol. The second-order valence-electron chi connectivity index (χ2n) is 6.64. The summed E-state index contributed by atoms with van der Waals surface area (Å²) in [6, 6.07) is 5.44. The number of pyridine rings is 1. The normalized spacial score (nSPS) is 26.6. The lowest BCUT2D eigenvalue weighted by atomic mass is 9.72. The Morgan fingerprint density at radius 2 is 2.05 bits per heavy atom. The van der Waals surface area contributed by atoms with Gasteiger partial charge in [-0.15, -0.1) is 0 Å². The number of nitrogens with zero attached hydrogens (tertiary/aromatic N) is 2. The molecule has 1 aliphatic carbocycles. The van der Waals surface area contributed by atoms with Crippen LogP contribution in [0.2, 0.25) is 0 Å². The molecule has 3 nitrogen and oxygen atoms in total. The lowest BCUT2D eigenvalue weighted by Gasteiger charge is -2.44. The Kier molecular flexibility index (Phi) is 4.58. The minimum absolute atomic E-state index is 0.463. The van der Waals surface area contributed by atoms with Crippen LogP contribution in [0.3, 0.4) is 0 Å². The summed E-state index contributed by atoms with van der Waals surface area (Å²) in [5.74, 6) is 0. The maximum absolute atomic E-state index is 4.09. The molecule has 2 atom stereocenters. The van der Waals surface area contributed by atoms with Crippen molar-refractivity contribution in [3.05, 3.63) is 30.1 Å². The lowest BCUT2D eigenvalue weighted by Crippen LogP contribution is -2.52. The number of likely N-dealkylation sites (N-methyl/N-ethyl adjacent to an activating group) is 2. The van der Waals surface area contributed by atoms with E-state index >= 15 is 0 Å². The number of hydrogen-bond donors (Lipinski definition) is 1. The zero-order chi connectivity index (χ0) is 13.9. The Hall–Kier alpha value is -0.930. The average molecular weight is 261 g/mol. The van der Waals surface area contributed by atoms with Crippen LogP contribution in [-0.4, -0.2) is 36.1 Å². The molecule has 0 saturated heterocycles. The van der Waals surface area contributed by atoms with Crippen molar-refractivity contribution in [3.63, 3.8) is 0 Å². The molecule has 106 valence electrons. The summed E-state index contributed by atoms with van der Waals surface area (Å²) in [5.41, 5.74) is 1.81. The molecule has 0 bridgehead atoms. The van der Waals surface area contributed by atoms with Crippen LogP contribution in [0.4, 0.5) is 0 Å². The molecule has 1 aromatic rings. The van der Waals surface area contributed by atoms with Crippen LogP contribution in [0.25, 0.3) is 0 Å². The third kappa shape index (κ3) is 3.77. The van der Waals surface area contributed by atoms with E-state index in [4.69, 9.17) is 0 Å². The Labute approximate surface area is 117 Å². The number of nitrogens with one attached hydrogen (secondary N) is 1. The van der Waals surface area contributed by atoms with Gasteiger partial charge in [0.2, 0.25) is 0 Å². The second kappa shape index (κ2) is 6.02. The molecule has 2 rings (SSSR count). The van der Waals surface area contributed by atoms with E-state index in [1.807, 2.05) is 12.4 Å². The van der Waals surface area contributed by atoms with Gasteiger partial charge in [0.25, 0.3) is 0 Å². The van der Waals surface area contributed by atoms with E-state index in [1.165, 1.54) is 24.8 Å². The largest absolute Gasteiger partial charge is 0.315 e. The molecular weight excluding hydrogens is 234 g/mol. The van der Waals surface area contributed by atoms with Crippen LogP contribution >= 0.6 is 0 Å². The first kappa shape index (κ1) is 14.5. The molecule has 19 heavy (non-hydrogen) atoms. The summed E-state index contributed by atoms with van der Waals surface area (Å²) >= 11 is 0. The Morgan fingerprint density at radius 3 is 2.68 bits per heavy atom. The molecule has 1 saturated carbocycles. The van der Waals surface area contributed by atoms with E-state index in [9.17, 15) is 0 Å². The highest BCUT2D eigenvalue weighted by atomic mass is 15.2. The average Bonchev–Trinajstić information content (AvgIpc) is 2.39. The van der Waals surface area contributed by atoms with E-state index in [2.05, 4.69) is 55.3 Å². The third-order valence-corrected chi connectivity index (χ3v) is 4.48. The van der Waals surface area contributed by atoms with Crippen LogP contribution in [0, 0.1) is 5.41 Å². The van der Waals surface area contributed by atoms with Crippen LogP contribution in [0.1, 0.15) is 38.7 Å². The molecule has 1 fully saturated rings. The summed E-state index contributed by atoms with van der Waals surface area (Å²) in [4.78, 5) is 6.59. The Balaban J connectivity index is 2.04. The molecule has 1 aromatic heterocycles. The van der Waals surface area contributed by atoms with Crippen molar-refractivity contribution < 1.29 is 0 Å². The maximum Gasteiger partial charge on any atom is 0.0271 e. The van der Waals surface area contributed by atoms with Gasteiger partial charge in [-0.25, -0.2) is 0 Å². The van der Waals surface area contributed by atoms with Crippen molar-refractivity contribution in [1.82, 2.24) is 15.2 Å². The first-order valence-electron chi connectivity index (χ1n) is 7.28. The highest BCUT2D eigenvalue weighted by Crippen LogP contribution is 2.37. The van der Waals surface area contributed by atoms with Crippen LogP contribution in [0.5, 0.6) is 0 Å². The van der Waals surface area contributed by atoms with Gasteiger partial charge in [0.05, 0.1) is 0 Å². The molecule has 0 aromatic carbocycles. The summed E-state index contributed by atoms with van der Waals surface area (Å²) in [5, 5.41) is 3.50. The fraction of sp³-hybridized carbons (Fsp3) is 0.688. The van der Waals surface area contributed by atoms with Crippen molar-refractivity contribution in [1.29, 1.82) is 0 Å². The first-order chi connectivity index (χ1) is 9.02. The van der Waals surface area contributed by atoms with E-state index in [1.54, 1.807) is 0 Å². The predicted octanol–water partition coefficient (Wildman–Crippen LogP) is 2.68. The third-order valence-electron chi connectivity index (χ3n) is 4.48. The van der Waals surface area contributed by atoms with Crippen LogP contribution in [-0.2, 0) is 6.54 Å². The van der Waals surface area contributed by atoms with Crippen LogP contribution in [0.15, 0.2) is 24.5 Å². The van der Waals surface area contributed by atoms with E-state index in [0.717, 1.165) is 6.54 Å². The second-order valence-corrected chi connectivity index (χ2v) is 6.64. The van der Waals surface area contributed by atoms with Gasteiger partial charge in [0, 0.05) is 31.0 Å². The maximum atomic E-state index is 4.09. The highest BCUT2D eigenvalue weighted by molar-refractivity contribution is 5.10. The molecule has 1 N–H and O–H groups in total. The van der Waals surface area contributed by atoms with Gasteiger partial charge in [-0.1, -0.05) is 13.8 Å². The molecule has 1 heterocycles. The topological polar surface area (TPSA) is 28.2 Å². The van der Waals surface area contributed by atoms with Crippen molar-refractivity contribution >= 4 is 0 Å². The standard InChI is InChI=1S/C16H27N3/c1-16(2)8-5-14(17-3)15(11-16)19(4)12-13-6-9-18-10-7-13/h6-7,9-10,14-15,17H,5,8,11-12H2,1-4H3. The minimum atomic E-state index is 0.463. The fourth-order valence-electron chi connectivity index (χ4n) is 3.24. The Morgan fingerprint density at radius 1 is 1.37 bits per heavy atom. The molecule has 1 aliphatic rings. The van der Waals surface area contributed by atoms with Crippen molar-refractivity contribution in [2.24, 2.45) is 5.41 Å². The summed E-state index contributed by atoms with van der Waals surface area (Å²) in [6.07, 6.45) is 7.61. The van der Waals surface area contributed by atoms with E-state index in [0.29, 0.717) is 17.5 Å². The summed E-state index contributed by atoms with van der Waals surface area (Å²) in [7, 11) is 4.34. The number of aromatic nitrogens is 1. The van der Waals surface area contributed by atoms with Gasteiger partial charge < -0.3 is 5.32 Å². The van der Waals surface area contributed by atoms with Crippen LogP contribution < -0.4 is 5.32 Å². The van der Waals surface area contributed by atoms with Gasteiger partial charge in [-0.3, -0.25) is 9.88 Å². The minimum Gasteiger partial charge on any atom is -0.315 e. The zero-order valence-corrected chi connectivity index (χ0v) is 12.7. The summed E-state index contributed by atoms with van der Waals surface area (Å²) < 4.78 is 0. The van der Waals surface area contributed by atoms with Gasteiger partial charge >= 0.3 is 0 Å². The van der Waals surface area contributed by atoms with Gasteiger partial charge in [0.1, 0.15) is 0 Å². The Bertz CT molecular complexity index is 388. The quantitative estimate of drug-likeness (QED) is 0.903. The molecule has 0 aliphatic heterocycles. The van der Waals surface area contributed by atoms with E-state index < -0.39 is 0 Å². The first-order valence-corrected chi connectivity index (χ1v) is 7.28. The molecule has 0 spiro atoms. The molecule has 2 unspecified atom stereocenters. The van der Waals surface area contributed by atoms with Crippen molar-refractivity contribution in [3.8, 4) is 0 Å². The van der Waals surface area contributed by atoms with Gasteiger partial charge in [0.15, 0.2) is 0 Å². The molecule has 0 radical (unpaired) electrons.